The van der Waals surface area contributed by atoms with Gasteiger partial charge in [0.2, 0.25) is 5.97 Å². The molecule has 7 heteroatoms. The van der Waals surface area contributed by atoms with Crippen LogP contribution in [0.3, 0.4) is 0 Å². The topological polar surface area (TPSA) is 70.6 Å². The Bertz CT molecular complexity index is 313. The molecule has 0 amide bonds. The van der Waals surface area contributed by atoms with E-state index in [1.807, 2.05) is 35.1 Å². The van der Waals surface area contributed by atoms with Crippen LogP contribution in [-0.2, 0) is 0 Å². The molecule has 0 bridgehead atoms. The van der Waals surface area contributed by atoms with Crippen LogP contribution in [0.5, 0.6) is 0 Å². The summed E-state index contributed by atoms with van der Waals surface area (Å²) in [5.41, 5.74) is 4.14. The van der Waals surface area contributed by atoms with Crippen molar-refractivity contribution in [2.75, 3.05) is 6.54 Å². The Balaban J connectivity index is 4.61. The summed E-state index contributed by atoms with van der Waals surface area (Å²) in [6.07, 6.45) is 1.13. The lowest BCUT2D eigenvalue weighted by molar-refractivity contribution is -0.0324. The summed E-state index contributed by atoms with van der Waals surface area (Å²) in [5.74, 6) is -0.654. The molecule has 0 saturated carbocycles. The van der Waals surface area contributed by atoms with Crippen molar-refractivity contribution in [1.82, 2.24) is 5.32 Å². The van der Waals surface area contributed by atoms with Gasteiger partial charge in [-0.05, 0) is 13.8 Å². The highest BCUT2D eigenvalue weighted by Gasteiger charge is 2.35. The van der Waals surface area contributed by atoms with Crippen LogP contribution in [-0.4, -0.2) is 23.2 Å². The number of halogens is 2. The molecule has 0 aromatic rings. The zero-order valence-electron chi connectivity index (χ0n) is 10.4. The van der Waals surface area contributed by atoms with Crippen LogP contribution in [0.2, 0.25) is 0 Å². The van der Waals surface area contributed by atoms with Crippen LogP contribution in [0.1, 0.15) is 27.7 Å². The summed E-state index contributed by atoms with van der Waals surface area (Å²) < 4.78 is 16.9. The van der Waals surface area contributed by atoms with Crippen LogP contribution in [0.25, 0.3) is 0 Å². The number of nitrogens with one attached hydrogen (secondary N) is 1. The molecule has 0 aromatic heterocycles. The van der Waals surface area contributed by atoms with Crippen molar-refractivity contribution in [3.8, 4) is 0 Å². The van der Waals surface area contributed by atoms with Crippen LogP contribution in [0.4, 0.5) is 4.39 Å². The summed E-state index contributed by atoms with van der Waals surface area (Å²) in [7, 11) is 0.990. The maximum atomic E-state index is 13.4. The number of nitrogens with two attached hydrogens (primary N) is 1. The third-order valence-electron chi connectivity index (χ3n) is 2.88. The van der Waals surface area contributed by atoms with Gasteiger partial charge in [-0.2, -0.15) is 8.79 Å². The maximum absolute atomic E-state index is 13.4. The van der Waals surface area contributed by atoms with Crippen molar-refractivity contribution in [2.24, 2.45) is 15.5 Å². The van der Waals surface area contributed by atoms with Crippen LogP contribution in [0, 0.1) is 5.41 Å². The molecule has 0 aliphatic carbocycles. The Morgan fingerprint density at radius 1 is 1.53 bits per heavy atom. The first-order valence-corrected chi connectivity index (χ1v) is 8.37. The number of allylic oxidation sites excluding steroid dienone is 1. The van der Waals surface area contributed by atoms with Gasteiger partial charge in [-0.25, -0.2) is 0 Å². The Morgan fingerprint density at radius 3 is 2.41 bits per heavy atom. The fraction of sp³-hybridized carbons (Fsp3) is 0.700. The summed E-state index contributed by atoms with van der Waals surface area (Å²) in [6.45, 7) is 7.58. The second-order valence-corrected chi connectivity index (χ2v) is 6.33. The van der Waals surface area contributed by atoms with Crippen molar-refractivity contribution in [2.45, 2.75) is 33.3 Å². The zero-order chi connectivity index (χ0) is 13.7. The fourth-order valence-corrected chi connectivity index (χ4v) is 1.49. The van der Waals surface area contributed by atoms with E-state index in [0.717, 1.165) is 15.3 Å². The number of hydrogen-bond donors (Lipinski definition) is 3. The van der Waals surface area contributed by atoms with E-state index >= 15 is 0 Å². The van der Waals surface area contributed by atoms with Gasteiger partial charge >= 0.3 is 0 Å². The minimum absolute atomic E-state index is 0.131. The zero-order valence-corrected chi connectivity index (χ0v) is 13.4. The third-order valence-corrected chi connectivity index (χ3v) is 3.70. The Kier molecular flexibility index (Phi) is 6.78. The van der Waals surface area contributed by atoms with Gasteiger partial charge in [-0.3, -0.25) is 0 Å². The highest BCUT2D eigenvalue weighted by molar-refractivity contribution is 14.2. The summed E-state index contributed by atoms with van der Waals surface area (Å²) in [4.78, 5) is 0. The summed E-state index contributed by atoms with van der Waals surface area (Å²) in [5, 5.41) is 12.8. The van der Waals surface area contributed by atoms with E-state index in [1.165, 1.54) is 0 Å². The van der Waals surface area contributed by atoms with E-state index in [2.05, 4.69) is 9.71 Å². The van der Waals surface area contributed by atoms with Gasteiger partial charge in [0, 0.05) is 39.4 Å². The fourth-order valence-electron chi connectivity index (χ4n) is 0.813. The smallest absolute Gasteiger partial charge is 0.245 e. The van der Waals surface area contributed by atoms with E-state index in [-0.39, 0.29) is 5.70 Å². The summed E-state index contributed by atoms with van der Waals surface area (Å²) in [6, 6.07) is 0. The largest absolute Gasteiger partial charge is 0.403 e. The van der Waals surface area contributed by atoms with Gasteiger partial charge in [-0.1, -0.05) is 13.8 Å². The van der Waals surface area contributed by atoms with Crippen molar-refractivity contribution < 1.29 is 9.50 Å². The molecule has 0 aliphatic rings. The Morgan fingerprint density at radius 2 is 2.06 bits per heavy atom. The molecule has 0 rings (SSSR count). The second kappa shape index (κ2) is 6.79. The standard InChI is InChI=1S/C10H19FIN3OS/c1-9(2,10(3,4)16)6-14-7(5-13)8(11)15-17-12/h5,14,16H,6,13H2,1-4H3/b7-5+,15-8-. The lowest BCUT2D eigenvalue weighted by Gasteiger charge is -2.37. The van der Waals surface area contributed by atoms with Crippen LogP contribution in [0.15, 0.2) is 16.3 Å². The Hall–Kier alpha value is -0.0200. The van der Waals surface area contributed by atoms with Gasteiger partial charge in [0.05, 0.1) is 14.7 Å². The second-order valence-electron chi connectivity index (χ2n) is 4.83. The molecule has 4 N–H and O–H groups in total. The molecule has 100 valence electrons. The molecule has 0 radical (unpaired) electrons. The monoisotopic (exact) mass is 375 g/mol. The molecular weight excluding hydrogens is 356 g/mol. The van der Waals surface area contributed by atoms with E-state index < -0.39 is 17.0 Å². The van der Waals surface area contributed by atoms with Crippen molar-refractivity contribution in [1.29, 1.82) is 0 Å². The number of aliphatic hydroxyl groups is 1. The molecule has 0 fully saturated rings. The van der Waals surface area contributed by atoms with E-state index in [9.17, 15) is 9.50 Å². The molecule has 0 aliphatic heterocycles. The predicted octanol–water partition coefficient (Wildman–Crippen LogP) is 2.54. The Labute approximate surface area is 118 Å². The van der Waals surface area contributed by atoms with Crippen molar-refractivity contribution in [3.05, 3.63) is 11.9 Å². The van der Waals surface area contributed by atoms with Crippen LogP contribution >= 0.6 is 30.3 Å². The minimum atomic E-state index is -0.884. The number of rotatable bonds is 6. The lowest BCUT2D eigenvalue weighted by Crippen LogP contribution is -2.46. The highest BCUT2D eigenvalue weighted by atomic mass is 127. The number of nitrogens with zero attached hydrogens (tertiary/aromatic N) is 1. The first-order valence-electron chi connectivity index (χ1n) is 5.05. The third kappa shape index (κ3) is 5.43. The van der Waals surface area contributed by atoms with E-state index in [4.69, 9.17) is 5.73 Å². The summed E-state index contributed by atoms with van der Waals surface area (Å²) >= 11 is 1.86. The lowest BCUT2D eigenvalue weighted by atomic mass is 9.77. The molecule has 0 atom stereocenters. The van der Waals surface area contributed by atoms with Crippen molar-refractivity contribution in [3.63, 3.8) is 0 Å². The van der Waals surface area contributed by atoms with E-state index in [0.29, 0.717) is 6.54 Å². The van der Waals surface area contributed by atoms with Gasteiger partial charge in [0.15, 0.2) is 0 Å². The first kappa shape index (κ1) is 17.0. The van der Waals surface area contributed by atoms with Crippen molar-refractivity contribution >= 4 is 36.3 Å². The van der Waals surface area contributed by atoms with E-state index in [1.54, 1.807) is 13.8 Å². The van der Waals surface area contributed by atoms with Crippen LogP contribution < -0.4 is 11.1 Å². The molecule has 0 aromatic carbocycles. The van der Waals surface area contributed by atoms with Gasteiger partial charge in [0.1, 0.15) is 5.70 Å². The average Bonchev–Trinajstić information content (AvgIpc) is 2.17. The maximum Gasteiger partial charge on any atom is 0.245 e. The minimum Gasteiger partial charge on any atom is -0.403 e. The van der Waals surface area contributed by atoms with Gasteiger partial charge < -0.3 is 16.2 Å². The molecule has 4 nitrogen and oxygen atoms in total. The molecule has 0 spiro atoms. The highest BCUT2D eigenvalue weighted by Crippen LogP contribution is 2.29. The van der Waals surface area contributed by atoms with Gasteiger partial charge in [-0.15, -0.1) is 0 Å². The molecule has 0 saturated heterocycles. The number of hydrogen-bond acceptors (Lipinski definition) is 5. The molecule has 0 unspecified atom stereocenters. The molecule has 17 heavy (non-hydrogen) atoms. The predicted molar refractivity (Wildman–Crippen MR) is 80.5 cm³/mol. The normalized spacial score (nSPS) is 15.0. The average molecular weight is 375 g/mol. The first-order chi connectivity index (χ1) is 7.65. The quantitative estimate of drug-likeness (QED) is 0.379. The van der Waals surface area contributed by atoms with Gasteiger partial charge in [0.25, 0.3) is 0 Å². The molecule has 0 heterocycles. The SMILES string of the molecule is CC(C)(O)C(C)(C)CNC(=C/N)/C(F)=N/SI. The molecular formula is C10H19FIN3OS.